The average molecular weight is 575 g/mol. The van der Waals surface area contributed by atoms with Gasteiger partial charge in [0.2, 0.25) is 0 Å². The maximum Gasteiger partial charge on any atom is 0.159 e. The zero-order chi connectivity index (χ0) is 29.5. The van der Waals surface area contributed by atoms with Gasteiger partial charge in [-0.2, -0.15) is 0 Å². The monoisotopic (exact) mass is 574 g/mol. The van der Waals surface area contributed by atoms with Crippen molar-refractivity contribution in [1.82, 2.24) is 9.13 Å². The second-order valence-electron chi connectivity index (χ2n) is 11.8. The fraction of sp³-hybridized carbons (Fsp3) is 0. The van der Waals surface area contributed by atoms with Gasteiger partial charge < -0.3 is 13.6 Å². The lowest BCUT2D eigenvalue weighted by Gasteiger charge is -2.11. The number of fused-ring (bicyclic) bond motifs is 9. The zero-order valence-electron chi connectivity index (χ0n) is 24.3. The van der Waals surface area contributed by atoms with Gasteiger partial charge in [0.25, 0.3) is 0 Å². The third-order valence-electron chi connectivity index (χ3n) is 9.32. The molecule has 0 radical (unpaired) electrons. The Kier molecular flexibility index (Phi) is 5.00. The highest BCUT2D eigenvalue weighted by Gasteiger charge is 2.19. The van der Waals surface area contributed by atoms with Crippen LogP contribution >= 0.6 is 0 Å². The third-order valence-corrected chi connectivity index (χ3v) is 9.32. The van der Waals surface area contributed by atoms with E-state index < -0.39 is 0 Å². The SMILES string of the molecule is c1ccc(-n2c3ccccc3c3ccc(-c4ccc5c6ccccc6n(-c6cccc7c6oc6ccccc67)c5c4)cc32)cc1. The lowest BCUT2D eigenvalue weighted by molar-refractivity contribution is 0.666. The molecule has 210 valence electrons. The first kappa shape index (κ1) is 24.4. The van der Waals surface area contributed by atoms with Gasteiger partial charge in [-0.3, -0.25) is 0 Å². The molecule has 10 aromatic rings. The van der Waals surface area contributed by atoms with Gasteiger partial charge in [0.05, 0.1) is 27.8 Å². The second-order valence-corrected chi connectivity index (χ2v) is 11.8. The van der Waals surface area contributed by atoms with E-state index >= 15 is 0 Å². The Hall–Kier alpha value is -6.06. The molecule has 0 unspecified atom stereocenters. The second kappa shape index (κ2) is 9.22. The highest BCUT2D eigenvalue weighted by molar-refractivity contribution is 6.14. The summed E-state index contributed by atoms with van der Waals surface area (Å²) in [6, 6.07) is 56.5. The van der Waals surface area contributed by atoms with Crippen molar-refractivity contribution in [3.63, 3.8) is 0 Å². The van der Waals surface area contributed by atoms with Gasteiger partial charge in [-0.25, -0.2) is 0 Å². The first-order chi connectivity index (χ1) is 22.3. The van der Waals surface area contributed by atoms with Gasteiger partial charge in [-0.1, -0.05) is 109 Å². The van der Waals surface area contributed by atoms with E-state index in [-0.39, 0.29) is 0 Å². The van der Waals surface area contributed by atoms with Gasteiger partial charge in [0.15, 0.2) is 5.58 Å². The lowest BCUT2D eigenvalue weighted by atomic mass is 10.0. The number of benzene rings is 7. The lowest BCUT2D eigenvalue weighted by Crippen LogP contribution is -1.95. The standard InChI is InChI=1S/C42H26N2O/c1-2-11-29(12-3-1)43-36-17-7-4-13-30(36)32-23-21-27(25-39(32)43)28-22-24-33-31-14-5-8-18-37(31)44(40(33)26-28)38-19-10-16-35-34-15-6-9-20-41(34)45-42(35)38/h1-26H. The van der Waals surface area contributed by atoms with Crippen LogP contribution in [-0.4, -0.2) is 9.13 Å². The molecule has 0 amide bonds. The normalized spacial score (nSPS) is 12.0. The Labute approximate surface area is 258 Å². The number of rotatable bonds is 3. The summed E-state index contributed by atoms with van der Waals surface area (Å²) in [5.74, 6) is 0. The smallest absolute Gasteiger partial charge is 0.159 e. The van der Waals surface area contributed by atoms with Crippen LogP contribution in [0.5, 0.6) is 0 Å². The van der Waals surface area contributed by atoms with Crippen molar-refractivity contribution in [2.45, 2.75) is 0 Å². The molecule has 10 rings (SSSR count). The first-order valence-corrected chi connectivity index (χ1v) is 15.4. The minimum atomic E-state index is 0.903. The highest BCUT2D eigenvalue weighted by atomic mass is 16.3. The fourth-order valence-electron chi connectivity index (χ4n) is 7.32. The number of aromatic nitrogens is 2. The van der Waals surface area contributed by atoms with E-state index in [4.69, 9.17) is 4.42 Å². The minimum Gasteiger partial charge on any atom is -0.454 e. The molecule has 0 aliphatic carbocycles. The molecule has 0 fully saturated rings. The molecule has 3 aromatic heterocycles. The van der Waals surface area contributed by atoms with Crippen LogP contribution < -0.4 is 0 Å². The summed E-state index contributed by atoms with van der Waals surface area (Å²) >= 11 is 0. The Bertz CT molecular complexity index is 2760. The Morgan fingerprint density at radius 1 is 0.356 bits per heavy atom. The number of hydrogen-bond acceptors (Lipinski definition) is 1. The van der Waals surface area contributed by atoms with Crippen LogP contribution in [0.25, 0.3) is 88.1 Å². The molecule has 45 heavy (non-hydrogen) atoms. The Morgan fingerprint density at radius 2 is 0.889 bits per heavy atom. The van der Waals surface area contributed by atoms with Gasteiger partial charge in [-0.05, 0) is 59.7 Å². The average Bonchev–Trinajstić information content (AvgIpc) is 3.76. The van der Waals surface area contributed by atoms with E-state index in [1.807, 2.05) is 12.1 Å². The molecule has 0 saturated heterocycles. The van der Waals surface area contributed by atoms with Crippen LogP contribution in [0.3, 0.4) is 0 Å². The molecular formula is C42H26N2O. The molecule has 0 saturated carbocycles. The van der Waals surface area contributed by atoms with E-state index in [0.29, 0.717) is 0 Å². The fourth-order valence-corrected chi connectivity index (χ4v) is 7.32. The summed E-state index contributed by atoms with van der Waals surface area (Å²) < 4.78 is 11.3. The summed E-state index contributed by atoms with van der Waals surface area (Å²) in [7, 11) is 0. The minimum absolute atomic E-state index is 0.903. The van der Waals surface area contributed by atoms with Crippen molar-refractivity contribution in [2.75, 3.05) is 0 Å². The molecule has 0 aliphatic rings. The van der Waals surface area contributed by atoms with Crippen molar-refractivity contribution in [1.29, 1.82) is 0 Å². The number of para-hydroxylation sites is 5. The van der Waals surface area contributed by atoms with Crippen LogP contribution in [0.2, 0.25) is 0 Å². The summed E-state index contributed by atoms with van der Waals surface area (Å²) in [6.45, 7) is 0. The quantitative estimate of drug-likeness (QED) is 0.206. The first-order valence-electron chi connectivity index (χ1n) is 15.4. The molecule has 0 aliphatic heterocycles. The Balaban J connectivity index is 1.25. The number of hydrogen-bond donors (Lipinski definition) is 0. The van der Waals surface area contributed by atoms with E-state index in [0.717, 1.165) is 44.3 Å². The maximum atomic E-state index is 6.53. The van der Waals surface area contributed by atoms with Crippen LogP contribution in [0.4, 0.5) is 0 Å². The largest absolute Gasteiger partial charge is 0.454 e. The van der Waals surface area contributed by atoms with Gasteiger partial charge in [-0.15, -0.1) is 0 Å². The van der Waals surface area contributed by atoms with Crippen LogP contribution in [0, 0.1) is 0 Å². The predicted molar refractivity (Wildman–Crippen MR) is 188 cm³/mol. The number of nitrogens with zero attached hydrogens (tertiary/aromatic N) is 2. The van der Waals surface area contributed by atoms with Crippen LogP contribution in [0.1, 0.15) is 0 Å². The summed E-state index contributed by atoms with van der Waals surface area (Å²) in [6.07, 6.45) is 0. The van der Waals surface area contributed by atoms with Gasteiger partial charge in [0.1, 0.15) is 5.58 Å². The molecule has 0 bridgehead atoms. The topological polar surface area (TPSA) is 23.0 Å². The van der Waals surface area contributed by atoms with Gasteiger partial charge >= 0.3 is 0 Å². The van der Waals surface area contributed by atoms with Crippen LogP contribution in [-0.2, 0) is 0 Å². The van der Waals surface area contributed by atoms with Gasteiger partial charge in [0, 0.05) is 38.0 Å². The molecule has 3 nitrogen and oxygen atoms in total. The third kappa shape index (κ3) is 3.46. The van der Waals surface area contributed by atoms with E-state index in [9.17, 15) is 0 Å². The molecule has 3 heteroatoms. The molecule has 7 aromatic carbocycles. The van der Waals surface area contributed by atoms with E-state index in [1.54, 1.807) is 0 Å². The zero-order valence-corrected chi connectivity index (χ0v) is 24.3. The van der Waals surface area contributed by atoms with Crippen molar-refractivity contribution >= 4 is 65.6 Å². The molecule has 0 N–H and O–H groups in total. The highest BCUT2D eigenvalue weighted by Crippen LogP contribution is 2.40. The summed E-state index contributed by atoms with van der Waals surface area (Å²) in [5.41, 5.74) is 11.1. The van der Waals surface area contributed by atoms with E-state index in [1.165, 1.54) is 43.7 Å². The number of furan rings is 1. The molecular weight excluding hydrogens is 548 g/mol. The molecule has 0 spiro atoms. The summed E-state index contributed by atoms with van der Waals surface area (Å²) in [4.78, 5) is 0. The molecule has 3 heterocycles. The Morgan fingerprint density at radius 3 is 1.60 bits per heavy atom. The van der Waals surface area contributed by atoms with Crippen LogP contribution in [0.15, 0.2) is 162 Å². The van der Waals surface area contributed by atoms with Crippen molar-refractivity contribution in [3.05, 3.63) is 158 Å². The maximum absolute atomic E-state index is 6.53. The summed E-state index contributed by atoms with van der Waals surface area (Å²) in [5, 5.41) is 7.23. The molecule has 0 atom stereocenters. The van der Waals surface area contributed by atoms with Crippen molar-refractivity contribution in [2.24, 2.45) is 0 Å². The predicted octanol–water partition coefficient (Wildman–Crippen LogP) is 11.4. The van der Waals surface area contributed by atoms with Crippen molar-refractivity contribution in [3.8, 4) is 22.5 Å². The van der Waals surface area contributed by atoms with Crippen molar-refractivity contribution < 1.29 is 4.42 Å². The van der Waals surface area contributed by atoms with E-state index in [2.05, 4.69) is 155 Å².